The number of nitrogens with zero attached hydrogens (tertiary/aromatic N) is 4. The van der Waals surface area contributed by atoms with Gasteiger partial charge in [-0.1, -0.05) is 15.9 Å². The minimum atomic E-state index is -4.49. The zero-order valence-corrected chi connectivity index (χ0v) is 16.0. The number of aromatic nitrogens is 3. The van der Waals surface area contributed by atoms with Crippen molar-refractivity contribution in [2.24, 2.45) is 0 Å². The Bertz CT molecular complexity index is 1070. The van der Waals surface area contributed by atoms with Gasteiger partial charge >= 0.3 is 6.18 Å². The summed E-state index contributed by atoms with van der Waals surface area (Å²) >= 11 is 3.34. The minimum Gasteiger partial charge on any atom is -0.332 e. The highest BCUT2D eigenvalue weighted by molar-refractivity contribution is 9.10. The quantitative estimate of drug-likeness (QED) is 0.651. The van der Waals surface area contributed by atoms with E-state index < -0.39 is 23.2 Å². The maximum Gasteiger partial charge on any atom is 0.416 e. The van der Waals surface area contributed by atoms with Gasteiger partial charge < -0.3 is 5.32 Å². The molecule has 0 aliphatic carbocycles. The summed E-state index contributed by atoms with van der Waals surface area (Å²) in [4.78, 5) is 13.7. The third-order valence-electron chi connectivity index (χ3n) is 3.95. The fourth-order valence-electron chi connectivity index (χ4n) is 2.52. The van der Waals surface area contributed by atoms with Crippen molar-refractivity contribution in [3.05, 3.63) is 58.1 Å². The molecule has 0 aliphatic heterocycles. The minimum absolute atomic E-state index is 0.0111. The van der Waals surface area contributed by atoms with E-state index in [1.165, 1.54) is 11.7 Å². The van der Waals surface area contributed by atoms with Crippen LogP contribution in [0, 0.1) is 11.3 Å². The number of rotatable bonds is 4. The van der Waals surface area contributed by atoms with Gasteiger partial charge in [-0.15, -0.1) is 0 Å². The van der Waals surface area contributed by atoms with Crippen molar-refractivity contribution in [1.82, 2.24) is 20.3 Å². The molecule has 0 bridgehead atoms. The van der Waals surface area contributed by atoms with Gasteiger partial charge in [0.15, 0.2) is 0 Å². The number of hydrogen-bond donors (Lipinski definition) is 1. The molecule has 1 unspecified atom stereocenters. The zero-order chi connectivity index (χ0) is 20.5. The van der Waals surface area contributed by atoms with Gasteiger partial charge in [0.2, 0.25) is 0 Å². The molecule has 6 nitrogen and oxygen atoms in total. The molecule has 0 saturated carbocycles. The number of halogens is 4. The summed E-state index contributed by atoms with van der Waals surface area (Å²) in [6, 6.07) is 11.1. The van der Waals surface area contributed by atoms with Gasteiger partial charge in [0.05, 0.1) is 18.2 Å². The zero-order valence-electron chi connectivity index (χ0n) is 14.5. The predicted octanol–water partition coefficient (Wildman–Crippen LogP) is 3.92. The highest BCUT2D eigenvalue weighted by atomic mass is 79.9. The molecule has 1 heterocycles. The first-order chi connectivity index (χ1) is 13.1. The van der Waals surface area contributed by atoms with Gasteiger partial charge in [-0.25, -0.2) is 0 Å². The average Bonchev–Trinajstić information content (AvgIpc) is 3.01. The van der Waals surface area contributed by atoms with E-state index in [4.69, 9.17) is 0 Å². The molecule has 10 heteroatoms. The Hall–Kier alpha value is -2.93. The Balaban J connectivity index is 1.77. The second-order valence-electron chi connectivity index (χ2n) is 6.34. The van der Waals surface area contributed by atoms with Crippen LogP contribution < -0.4 is 5.32 Å². The Labute approximate surface area is 166 Å². The van der Waals surface area contributed by atoms with Crippen LogP contribution in [0.2, 0.25) is 0 Å². The topological polar surface area (TPSA) is 83.6 Å². The van der Waals surface area contributed by atoms with Crippen molar-refractivity contribution in [3.63, 3.8) is 0 Å². The van der Waals surface area contributed by atoms with Crippen LogP contribution in [0.25, 0.3) is 11.0 Å². The first-order valence-electron chi connectivity index (χ1n) is 8.01. The number of hydrogen-bond acceptors (Lipinski definition) is 4. The molecule has 28 heavy (non-hydrogen) atoms. The van der Waals surface area contributed by atoms with E-state index in [9.17, 15) is 23.2 Å². The number of amides is 1. The lowest BCUT2D eigenvalue weighted by Crippen LogP contribution is -2.48. The fraction of sp³-hybridized carbons (Fsp3) is 0.222. The monoisotopic (exact) mass is 451 g/mol. The standard InChI is InChI=1S/C18H13BrF3N5O/c1-17(9-23,10-27-25-14-7-6-13(19)8-15(14)26-27)24-16(28)11-2-4-12(5-3-11)18(20,21)22/h2-8H,10H2,1H3,(H,24,28). The van der Waals surface area contributed by atoms with Crippen molar-refractivity contribution in [3.8, 4) is 6.07 Å². The molecule has 1 aromatic heterocycles. The van der Waals surface area contributed by atoms with Gasteiger partial charge in [-0.05, 0) is 49.4 Å². The molecule has 0 aliphatic rings. The van der Waals surface area contributed by atoms with Crippen LogP contribution in [0.4, 0.5) is 13.2 Å². The van der Waals surface area contributed by atoms with Crippen LogP contribution in [-0.4, -0.2) is 26.4 Å². The van der Waals surface area contributed by atoms with Crippen molar-refractivity contribution >= 4 is 32.9 Å². The van der Waals surface area contributed by atoms with Crippen LogP contribution >= 0.6 is 15.9 Å². The number of alkyl halides is 3. The van der Waals surface area contributed by atoms with Gasteiger partial charge in [0.1, 0.15) is 16.6 Å². The summed E-state index contributed by atoms with van der Waals surface area (Å²) in [7, 11) is 0. The highest BCUT2D eigenvalue weighted by Gasteiger charge is 2.31. The largest absolute Gasteiger partial charge is 0.416 e. The number of nitrogens with one attached hydrogen (secondary N) is 1. The average molecular weight is 452 g/mol. The summed E-state index contributed by atoms with van der Waals surface area (Å²) in [5.41, 5.74) is -0.976. The molecular weight excluding hydrogens is 439 g/mol. The maximum atomic E-state index is 12.6. The summed E-state index contributed by atoms with van der Waals surface area (Å²) in [6.45, 7) is 1.45. The number of nitriles is 1. The Kier molecular flexibility index (Phi) is 5.12. The van der Waals surface area contributed by atoms with Crippen LogP contribution in [0.5, 0.6) is 0 Å². The lowest BCUT2D eigenvalue weighted by molar-refractivity contribution is -0.137. The molecule has 3 rings (SSSR count). The predicted molar refractivity (Wildman–Crippen MR) is 98.2 cm³/mol. The first-order valence-corrected chi connectivity index (χ1v) is 8.80. The summed E-state index contributed by atoms with van der Waals surface area (Å²) in [6.07, 6.45) is -4.49. The summed E-state index contributed by atoms with van der Waals surface area (Å²) in [5.74, 6) is -0.669. The maximum absolute atomic E-state index is 12.6. The first kappa shape index (κ1) is 19.8. The molecule has 0 saturated heterocycles. The molecule has 144 valence electrons. The van der Waals surface area contributed by atoms with E-state index in [-0.39, 0.29) is 12.1 Å². The Morgan fingerprint density at radius 3 is 2.43 bits per heavy atom. The summed E-state index contributed by atoms with van der Waals surface area (Å²) < 4.78 is 38.7. The molecule has 0 radical (unpaired) electrons. The molecular formula is C18H13BrF3N5O. The van der Waals surface area contributed by atoms with Crippen LogP contribution in [0.3, 0.4) is 0 Å². The molecule has 2 aromatic carbocycles. The van der Waals surface area contributed by atoms with E-state index in [1.54, 1.807) is 18.2 Å². The molecule has 1 N–H and O–H groups in total. The summed E-state index contributed by atoms with van der Waals surface area (Å²) in [5, 5.41) is 20.6. The molecule has 3 aromatic rings. The number of fused-ring (bicyclic) bond motifs is 1. The van der Waals surface area contributed by atoms with Crippen molar-refractivity contribution in [2.45, 2.75) is 25.2 Å². The molecule has 1 atom stereocenters. The lowest BCUT2D eigenvalue weighted by atomic mass is 10.0. The van der Waals surface area contributed by atoms with Gasteiger partial charge in [0, 0.05) is 10.0 Å². The lowest BCUT2D eigenvalue weighted by Gasteiger charge is -2.22. The fourth-order valence-corrected chi connectivity index (χ4v) is 2.87. The van der Waals surface area contributed by atoms with Crippen LogP contribution in [0.1, 0.15) is 22.8 Å². The van der Waals surface area contributed by atoms with Gasteiger partial charge in [-0.3, -0.25) is 4.79 Å². The SMILES string of the molecule is CC(C#N)(Cn1nc2ccc(Br)cc2n1)NC(=O)c1ccc(C(F)(F)F)cc1. The van der Waals surface area contributed by atoms with Crippen molar-refractivity contribution in [1.29, 1.82) is 5.26 Å². The third kappa shape index (κ3) is 4.31. The second-order valence-corrected chi connectivity index (χ2v) is 7.25. The number of carbonyl (C=O) groups excluding carboxylic acids is 1. The van der Waals surface area contributed by atoms with E-state index in [0.29, 0.717) is 11.0 Å². The van der Waals surface area contributed by atoms with E-state index in [1.807, 2.05) is 6.07 Å². The second kappa shape index (κ2) is 7.24. The number of benzene rings is 2. The van der Waals surface area contributed by atoms with E-state index in [0.717, 1.165) is 28.7 Å². The smallest absolute Gasteiger partial charge is 0.332 e. The van der Waals surface area contributed by atoms with Gasteiger partial charge in [0.25, 0.3) is 5.91 Å². The Morgan fingerprint density at radius 2 is 1.82 bits per heavy atom. The molecule has 1 amide bonds. The molecule has 0 spiro atoms. The normalized spacial score (nSPS) is 13.7. The van der Waals surface area contributed by atoms with Gasteiger partial charge in [-0.2, -0.15) is 33.4 Å². The third-order valence-corrected chi connectivity index (χ3v) is 4.45. The van der Waals surface area contributed by atoms with Crippen molar-refractivity contribution < 1.29 is 18.0 Å². The molecule has 0 fully saturated rings. The van der Waals surface area contributed by atoms with E-state index in [2.05, 4.69) is 31.4 Å². The van der Waals surface area contributed by atoms with E-state index >= 15 is 0 Å². The number of carbonyl (C=O) groups is 1. The highest BCUT2D eigenvalue weighted by Crippen LogP contribution is 2.29. The van der Waals surface area contributed by atoms with Crippen LogP contribution in [-0.2, 0) is 12.7 Å². The van der Waals surface area contributed by atoms with Crippen molar-refractivity contribution in [2.75, 3.05) is 0 Å². The Morgan fingerprint density at radius 1 is 1.18 bits per heavy atom. The van der Waals surface area contributed by atoms with Crippen LogP contribution in [0.15, 0.2) is 46.9 Å².